The van der Waals surface area contributed by atoms with Gasteiger partial charge in [0.05, 0.1) is 17.1 Å². The number of nitrogens with zero attached hydrogens (tertiary/aromatic N) is 4. The lowest BCUT2D eigenvalue weighted by molar-refractivity contribution is -0.114. The smallest absolute Gasteiger partial charge is 0.282 e. The normalized spacial score (nSPS) is 16.7. The van der Waals surface area contributed by atoms with E-state index in [9.17, 15) is 9.59 Å². The van der Waals surface area contributed by atoms with Gasteiger partial charge < -0.3 is 4.90 Å². The molecule has 2 aromatic heterocycles. The number of amides is 1. The average Bonchev–Trinajstić information content (AvgIpc) is 3.23. The van der Waals surface area contributed by atoms with E-state index in [1.807, 2.05) is 11.8 Å². The van der Waals surface area contributed by atoms with E-state index in [4.69, 9.17) is 11.6 Å². The zero-order valence-corrected chi connectivity index (χ0v) is 16.0. The zero-order chi connectivity index (χ0) is 18.7. The highest BCUT2D eigenvalue weighted by atomic mass is 35.5. The van der Waals surface area contributed by atoms with Crippen LogP contribution in [0, 0.1) is 12.8 Å². The molecule has 3 heterocycles. The van der Waals surface area contributed by atoms with Gasteiger partial charge >= 0.3 is 0 Å². The summed E-state index contributed by atoms with van der Waals surface area (Å²) >= 11 is 7.15. The fraction of sp³-hybridized carbons (Fsp3) is 0.389. The predicted molar refractivity (Wildman–Crippen MR) is 101 cm³/mol. The van der Waals surface area contributed by atoms with E-state index in [2.05, 4.69) is 21.5 Å². The van der Waals surface area contributed by atoms with Gasteiger partial charge in [-0.15, -0.1) is 11.3 Å². The summed E-state index contributed by atoms with van der Waals surface area (Å²) < 4.78 is 0. The molecule has 0 aliphatic carbocycles. The van der Waals surface area contributed by atoms with Gasteiger partial charge in [-0.05, 0) is 25.3 Å². The fourth-order valence-electron chi connectivity index (χ4n) is 2.94. The van der Waals surface area contributed by atoms with Gasteiger partial charge in [0.1, 0.15) is 5.82 Å². The Morgan fingerprint density at radius 3 is 2.85 bits per heavy atom. The van der Waals surface area contributed by atoms with Crippen LogP contribution in [-0.2, 0) is 17.6 Å². The van der Waals surface area contributed by atoms with E-state index in [-0.39, 0.29) is 18.1 Å². The number of halogens is 1. The number of carbonyl (C=O) groups is 2. The molecular weight excluding hydrogens is 372 g/mol. The number of likely N-dealkylation sites (tertiary alicyclic amines) is 1. The van der Waals surface area contributed by atoms with Crippen LogP contribution >= 0.6 is 22.9 Å². The van der Waals surface area contributed by atoms with E-state index in [0.717, 1.165) is 23.5 Å². The molecule has 1 aliphatic rings. The average molecular weight is 391 g/mol. The molecule has 0 bridgehead atoms. The molecule has 1 aliphatic heterocycles. The number of ketones is 1. The summed E-state index contributed by atoms with van der Waals surface area (Å²) in [5, 5.41) is 0.958. The third-order valence-corrected chi connectivity index (χ3v) is 5.56. The van der Waals surface area contributed by atoms with Crippen molar-refractivity contribution >= 4 is 34.6 Å². The summed E-state index contributed by atoms with van der Waals surface area (Å²) in [6, 6.07) is 0. The lowest BCUT2D eigenvalue weighted by atomic mass is 10.0. The number of rotatable bonds is 6. The van der Waals surface area contributed by atoms with E-state index in [1.54, 1.807) is 12.4 Å². The van der Waals surface area contributed by atoms with Crippen molar-refractivity contribution in [3.05, 3.63) is 51.5 Å². The molecule has 1 fully saturated rings. The van der Waals surface area contributed by atoms with Gasteiger partial charge in [-0.2, -0.15) is 0 Å². The Morgan fingerprint density at radius 2 is 2.15 bits per heavy atom. The fourth-order valence-corrected chi connectivity index (χ4v) is 3.94. The molecule has 26 heavy (non-hydrogen) atoms. The summed E-state index contributed by atoms with van der Waals surface area (Å²) in [5.74, 6) is 0.892. The highest BCUT2D eigenvalue weighted by Gasteiger charge is 2.29. The molecule has 8 heteroatoms. The molecule has 1 saturated heterocycles. The van der Waals surface area contributed by atoms with Gasteiger partial charge in [0.25, 0.3) is 5.91 Å². The molecule has 0 aromatic carbocycles. The van der Waals surface area contributed by atoms with Crippen molar-refractivity contribution in [1.29, 1.82) is 0 Å². The van der Waals surface area contributed by atoms with E-state index in [0.29, 0.717) is 34.7 Å². The van der Waals surface area contributed by atoms with Crippen molar-refractivity contribution in [1.82, 2.24) is 19.9 Å². The van der Waals surface area contributed by atoms with Crippen molar-refractivity contribution in [2.24, 2.45) is 5.92 Å². The van der Waals surface area contributed by atoms with Crippen LogP contribution in [0.4, 0.5) is 0 Å². The first-order chi connectivity index (χ1) is 12.5. The first-order valence-electron chi connectivity index (χ1n) is 8.33. The summed E-state index contributed by atoms with van der Waals surface area (Å²) in [6.45, 7) is 6.70. The molecule has 6 nitrogen and oxygen atoms in total. The van der Waals surface area contributed by atoms with E-state index >= 15 is 0 Å². The van der Waals surface area contributed by atoms with Crippen LogP contribution in [-0.4, -0.2) is 44.6 Å². The van der Waals surface area contributed by atoms with Crippen LogP contribution in [0.15, 0.2) is 25.0 Å². The van der Waals surface area contributed by atoms with Gasteiger partial charge in [-0.25, -0.2) is 15.0 Å². The van der Waals surface area contributed by atoms with Crippen LogP contribution in [0.3, 0.4) is 0 Å². The maximum Gasteiger partial charge on any atom is 0.282 e. The minimum atomic E-state index is -0.0957. The van der Waals surface area contributed by atoms with Crippen LogP contribution < -0.4 is 0 Å². The molecule has 1 amide bonds. The SMILES string of the molecule is C=CC(=O)Cc1nc(C(=O)N2CC[C@@H](Cc3ncc(Cl)cn3)C2)sc1C. The second-order valence-corrected chi connectivity index (χ2v) is 7.94. The number of allylic oxidation sites excluding steroid dienone is 1. The molecule has 0 saturated carbocycles. The van der Waals surface area contributed by atoms with Crippen molar-refractivity contribution < 1.29 is 9.59 Å². The molecule has 0 spiro atoms. The topological polar surface area (TPSA) is 76.1 Å². The Balaban J connectivity index is 1.62. The van der Waals surface area contributed by atoms with Crippen LogP contribution in [0.5, 0.6) is 0 Å². The summed E-state index contributed by atoms with van der Waals surface area (Å²) in [4.78, 5) is 39.8. The number of hydrogen-bond donors (Lipinski definition) is 0. The maximum atomic E-state index is 12.7. The molecule has 2 aromatic rings. The van der Waals surface area contributed by atoms with Gasteiger partial charge in [0.15, 0.2) is 10.8 Å². The Labute approximate surface area is 160 Å². The quantitative estimate of drug-likeness (QED) is 0.709. The monoisotopic (exact) mass is 390 g/mol. The van der Waals surface area contributed by atoms with Crippen molar-refractivity contribution in [3.63, 3.8) is 0 Å². The first-order valence-corrected chi connectivity index (χ1v) is 9.53. The first kappa shape index (κ1) is 18.7. The van der Waals surface area contributed by atoms with Gasteiger partial charge in [-0.3, -0.25) is 9.59 Å². The second kappa shape index (κ2) is 8.05. The number of aryl methyl sites for hydroxylation is 1. The minimum absolute atomic E-state index is 0.0741. The molecular formula is C18H19ClN4O2S. The molecule has 0 N–H and O–H groups in total. The highest BCUT2D eigenvalue weighted by molar-refractivity contribution is 7.13. The Hall–Kier alpha value is -2.12. The molecule has 0 unspecified atom stereocenters. The van der Waals surface area contributed by atoms with Crippen molar-refractivity contribution in [2.45, 2.75) is 26.2 Å². The van der Waals surface area contributed by atoms with E-state index < -0.39 is 0 Å². The second-order valence-electron chi connectivity index (χ2n) is 6.30. The van der Waals surface area contributed by atoms with Crippen molar-refractivity contribution in [2.75, 3.05) is 13.1 Å². The van der Waals surface area contributed by atoms with Crippen LogP contribution in [0.1, 0.15) is 32.6 Å². The molecule has 3 rings (SSSR count). The largest absolute Gasteiger partial charge is 0.336 e. The molecule has 1 atom stereocenters. The lowest BCUT2D eigenvalue weighted by Gasteiger charge is -2.14. The van der Waals surface area contributed by atoms with Gasteiger partial charge in [0.2, 0.25) is 0 Å². The number of aromatic nitrogens is 3. The summed E-state index contributed by atoms with van der Waals surface area (Å²) in [5.41, 5.74) is 0.661. The minimum Gasteiger partial charge on any atom is -0.336 e. The Morgan fingerprint density at radius 1 is 1.42 bits per heavy atom. The highest BCUT2D eigenvalue weighted by Crippen LogP contribution is 2.25. The van der Waals surface area contributed by atoms with Gasteiger partial charge in [0, 0.05) is 36.8 Å². The van der Waals surface area contributed by atoms with Crippen LogP contribution in [0.2, 0.25) is 5.02 Å². The summed E-state index contributed by atoms with van der Waals surface area (Å²) in [6.07, 6.45) is 6.28. The summed E-state index contributed by atoms with van der Waals surface area (Å²) in [7, 11) is 0. The van der Waals surface area contributed by atoms with E-state index in [1.165, 1.54) is 17.4 Å². The standard InChI is InChI=1S/C18H19ClN4O2S/c1-3-14(24)7-15-11(2)26-17(22-15)18(25)23-5-4-12(10-23)6-16-20-8-13(19)9-21-16/h3,8-9,12H,1,4-7,10H2,2H3/t12-/m0/s1. The molecule has 136 valence electrons. The lowest BCUT2D eigenvalue weighted by Crippen LogP contribution is -2.29. The Bertz CT molecular complexity index is 834. The number of thiazole rings is 1. The number of carbonyl (C=O) groups excluding carboxylic acids is 2. The van der Waals surface area contributed by atoms with Gasteiger partial charge in [-0.1, -0.05) is 18.2 Å². The third kappa shape index (κ3) is 4.34. The number of hydrogen-bond acceptors (Lipinski definition) is 6. The zero-order valence-electron chi connectivity index (χ0n) is 14.4. The Kier molecular flexibility index (Phi) is 5.78. The van der Waals surface area contributed by atoms with Crippen molar-refractivity contribution in [3.8, 4) is 0 Å². The predicted octanol–water partition coefficient (Wildman–Crippen LogP) is 2.90. The molecule has 0 radical (unpaired) electrons. The maximum absolute atomic E-state index is 12.7. The third-order valence-electron chi connectivity index (χ3n) is 4.36. The van der Waals surface area contributed by atoms with Crippen LogP contribution in [0.25, 0.3) is 0 Å².